The molecule has 0 bridgehead atoms. The van der Waals surface area contributed by atoms with Crippen molar-refractivity contribution in [3.8, 4) is 11.1 Å². The van der Waals surface area contributed by atoms with E-state index in [1.54, 1.807) is 0 Å². The fourth-order valence-electron chi connectivity index (χ4n) is 2.03. The first-order valence-electron chi connectivity index (χ1n) is 6.85. The molecule has 1 heteroatoms. The number of allylic oxidation sites excluding steroid dienone is 5. The van der Waals surface area contributed by atoms with Gasteiger partial charge in [-0.3, -0.25) is 0 Å². The van der Waals surface area contributed by atoms with Gasteiger partial charge in [-0.15, -0.1) is 0 Å². The Labute approximate surface area is 123 Å². The average Bonchev–Trinajstić information content (AvgIpc) is 2.52. The Balaban J connectivity index is 2.40. The summed E-state index contributed by atoms with van der Waals surface area (Å²) in [5.74, 6) is 4.37. The van der Waals surface area contributed by atoms with Gasteiger partial charge in [0.2, 0.25) is 0 Å². The fourth-order valence-corrected chi connectivity index (χ4v) is 2.70. The minimum atomic E-state index is 1.04. The van der Waals surface area contributed by atoms with E-state index in [2.05, 4.69) is 79.7 Å². The topological polar surface area (TPSA) is 0 Å². The van der Waals surface area contributed by atoms with E-state index < -0.39 is 0 Å². The van der Waals surface area contributed by atoms with Gasteiger partial charge in [0.25, 0.3) is 0 Å². The monoisotopic (exact) mass is 278 g/mol. The molecule has 0 nitrogen and oxygen atoms in total. The summed E-state index contributed by atoms with van der Waals surface area (Å²) in [6.07, 6.45) is 9.28. The molecule has 1 aromatic carbocycles. The molecular formula is C19H19P. The zero-order chi connectivity index (χ0) is 14.2. The van der Waals surface area contributed by atoms with Crippen molar-refractivity contribution in [1.82, 2.24) is 0 Å². The van der Waals surface area contributed by atoms with Crippen LogP contribution >= 0.6 is 8.19 Å². The second-order valence-corrected chi connectivity index (χ2v) is 5.35. The standard InChI is InChI=1S/C19H19P/c1-3-5-9-16(8-4-2)17-10-6-11-18(14-17)19-12-7-13-20-15-19/h4-15H,2-3H2,1H3/b9-5-,16-8+. The molecular weight excluding hydrogens is 259 g/mol. The summed E-state index contributed by atoms with van der Waals surface area (Å²) in [5.41, 5.74) is 4.98. The molecule has 0 unspecified atom stereocenters. The molecule has 0 N–H and O–H groups in total. The third-order valence-electron chi connectivity index (χ3n) is 3.02. The molecule has 0 aliphatic heterocycles. The van der Waals surface area contributed by atoms with E-state index in [1.165, 1.54) is 30.5 Å². The van der Waals surface area contributed by atoms with Crippen LogP contribution in [0.4, 0.5) is 0 Å². The molecule has 0 fully saturated rings. The van der Waals surface area contributed by atoms with Crippen molar-refractivity contribution in [1.29, 1.82) is 0 Å². The predicted octanol–water partition coefficient (Wildman–Crippen LogP) is 6.47. The molecule has 0 saturated carbocycles. The lowest BCUT2D eigenvalue weighted by Crippen LogP contribution is -1.83. The van der Waals surface area contributed by atoms with Crippen LogP contribution in [-0.4, -0.2) is 0 Å². The minimum Gasteiger partial charge on any atom is -0.0990 e. The van der Waals surface area contributed by atoms with Gasteiger partial charge >= 0.3 is 0 Å². The lowest BCUT2D eigenvalue weighted by atomic mass is 9.99. The molecule has 2 rings (SSSR count). The maximum atomic E-state index is 3.81. The van der Waals surface area contributed by atoms with Crippen molar-refractivity contribution < 1.29 is 0 Å². The molecule has 0 radical (unpaired) electrons. The molecule has 100 valence electrons. The van der Waals surface area contributed by atoms with Crippen molar-refractivity contribution in [2.24, 2.45) is 0 Å². The molecule has 0 spiro atoms. The van der Waals surface area contributed by atoms with Crippen LogP contribution in [0.15, 0.2) is 78.9 Å². The van der Waals surface area contributed by atoms with E-state index >= 15 is 0 Å². The predicted molar refractivity (Wildman–Crippen MR) is 92.0 cm³/mol. The van der Waals surface area contributed by atoms with Crippen LogP contribution in [0.5, 0.6) is 0 Å². The first kappa shape index (κ1) is 14.5. The van der Waals surface area contributed by atoms with Gasteiger partial charge in [-0.2, -0.15) is 0 Å². The van der Waals surface area contributed by atoms with Crippen molar-refractivity contribution in [3.05, 3.63) is 84.4 Å². The number of rotatable bonds is 5. The van der Waals surface area contributed by atoms with E-state index in [0.717, 1.165) is 6.42 Å². The third-order valence-corrected chi connectivity index (χ3v) is 3.79. The maximum Gasteiger partial charge on any atom is -0.0138 e. The van der Waals surface area contributed by atoms with Crippen molar-refractivity contribution in [2.75, 3.05) is 0 Å². The Morgan fingerprint density at radius 3 is 2.75 bits per heavy atom. The molecule has 1 heterocycles. The van der Waals surface area contributed by atoms with E-state index in [-0.39, 0.29) is 0 Å². The largest absolute Gasteiger partial charge is 0.0990 e. The molecule has 0 atom stereocenters. The highest BCUT2D eigenvalue weighted by molar-refractivity contribution is 7.28. The number of hydrogen-bond donors (Lipinski definition) is 0. The van der Waals surface area contributed by atoms with E-state index in [9.17, 15) is 0 Å². The van der Waals surface area contributed by atoms with Crippen LogP contribution in [0.2, 0.25) is 0 Å². The summed E-state index contributed by atoms with van der Waals surface area (Å²) < 4.78 is 0. The Kier molecular flexibility index (Phi) is 5.53. The normalized spacial score (nSPS) is 12.2. The average molecular weight is 278 g/mol. The molecule has 0 aliphatic rings. The third kappa shape index (κ3) is 3.79. The highest BCUT2D eigenvalue weighted by Gasteiger charge is 2.01. The van der Waals surface area contributed by atoms with Crippen LogP contribution in [0.3, 0.4) is 0 Å². The lowest BCUT2D eigenvalue weighted by molar-refractivity contribution is 1.22. The van der Waals surface area contributed by atoms with Gasteiger partial charge in [0.05, 0.1) is 0 Å². The zero-order valence-corrected chi connectivity index (χ0v) is 12.7. The lowest BCUT2D eigenvalue weighted by Gasteiger charge is -2.06. The summed E-state index contributed by atoms with van der Waals surface area (Å²) in [5, 5.41) is 0. The molecule has 1 aromatic heterocycles. The molecule has 0 amide bonds. The fraction of sp³-hybridized carbons (Fsp3) is 0.105. The highest BCUT2D eigenvalue weighted by atomic mass is 31.0. The Bertz CT molecular complexity index is 621. The number of benzene rings is 1. The SMILES string of the molecule is C=C/C=C(\C=C/CC)c1cccc(-c2cccpc2)c1. The molecule has 2 aromatic rings. The van der Waals surface area contributed by atoms with Crippen molar-refractivity contribution in [2.45, 2.75) is 13.3 Å². The first-order valence-corrected chi connectivity index (χ1v) is 7.88. The Morgan fingerprint density at radius 2 is 2.05 bits per heavy atom. The molecule has 20 heavy (non-hydrogen) atoms. The van der Waals surface area contributed by atoms with Crippen molar-refractivity contribution in [3.63, 3.8) is 0 Å². The summed E-state index contributed by atoms with van der Waals surface area (Å²) in [7, 11) is 1.25. The second-order valence-electron chi connectivity index (χ2n) is 4.49. The van der Waals surface area contributed by atoms with Gasteiger partial charge in [0.15, 0.2) is 0 Å². The molecule has 0 aliphatic carbocycles. The van der Waals surface area contributed by atoms with E-state index in [4.69, 9.17) is 0 Å². The van der Waals surface area contributed by atoms with Gasteiger partial charge in [-0.1, -0.05) is 76.3 Å². The van der Waals surface area contributed by atoms with Crippen LogP contribution in [-0.2, 0) is 0 Å². The van der Waals surface area contributed by atoms with E-state index in [1.807, 2.05) is 6.08 Å². The van der Waals surface area contributed by atoms with Crippen LogP contribution < -0.4 is 0 Å². The molecule has 0 saturated heterocycles. The summed E-state index contributed by atoms with van der Waals surface area (Å²) >= 11 is 0. The highest BCUT2D eigenvalue weighted by Crippen LogP contribution is 2.26. The van der Waals surface area contributed by atoms with Crippen LogP contribution in [0.1, 0.15) is 18.9 Å². The quantitative estimate of drug-likeness (QED) is 0.550. The smallest absolute Gasteiger partial charge is 0.0138 e. The second kappa shape index (κ2) is 7.62. The Morgan fingerprint density at radius 1 is 1.20 bits per heavy atom. The van der Waals surface area contributed by atoms with E-state index in [0.29, 0.717) is 0 Å². The summed E-state index contributed by atoms with van der Waals surface area (Å²) in [6, 6.07) is 12.9. The number of hydrogen-bond acceptors (Lipinski definition) is 0. The van der Waals surface area contributed by atoms with Crippen LogP contribution in [0, 0.1) is 0 Å². The van der Waals surface area contributed by atoms with Gasteiger partial charge in [-0.25, -0.2) is 0 Å². The van der Waals surface area contributed by atoms with Gasteiger partial charge in [0.1, 0.15) is 0 Å². The first-order chi connectivity index (χ1) is 9.85. The minimum absolute atomic E-state index is 1.04. The Hall–Kier alpha value is -1.91. The maximum absolute atomic E-state index is 3.81. The van der Waals surface area contributed by atoms with Crippen molar-refractivity contribution >= 4 is 13.8 Å². The van der Waals surface area contributed by atoms with Crippen LogP contribution in [0.25, 0.3) is 16.7 Å². The van der Waals surface area contributed by atoms with Gasteiger partial charge < -0.3 is 0 Å². The summed E-state index contributed by atoms with van der Waals surface area (Å²) in [4.78, 5) is 0. The van der Waals surface area contributed by atoms with Gasteiger partial charge in [0, 0.05) is 0 Å². The summed E-state index contributed by atoms with van der Waals surface area (Å²) in [6.45, 7) is 5.95. The zero-order valence-electron chi connectivity index (χ0n) is 11.8. The van der Waals surface area contributed by atoms with Gasteiger partial charge in [-0.05, 0) is 46.3 Å².